The number of aromatic nitrogens is 1. The van der Waals surface area contributed by atoms with Crippen molar-refractivity contribution in [2.45, 2.75) is 32.8 Å². The van der Waals surface area contributed by atoms with E-state index in [0.29, 0.717) is 28.7 Å². The molecule has 1 saturated heterocycles. The zero-order valence-electron chi connectivity index (χ0n) is 16.4. The number of fused-ring (bicyclic) bond motifs is 2. The fourth-order valence-electron chi connectivity index (χ4n) is 3.75. The summed E-state index contributed by atoms with van der Waals surface area (Å²) in [6.07, 6.45) is 2.01. The minimum absolute atomic E-state index is 0.0304. The van der Waals surface area contributed by atoms with Crippen molar-refractivity contribution in [2.24, 2.45) is 0 Å². The first kappa shape index (κ1) is 18.4. The van der Waals surface area contributed by atoms with Crippen LogP contribution in [0.25, 0.3) is 10.2 Å². The third kappa shape index (κ3) is 3.34. The third-order valence-corrected chi connectivity index (χ3v) is 6.62. The second-order valence-corrected chi connectivity index (χ2v) is 8.48. The van der Waals surface area contributed by atoms with Gasteiger partial charge in [0, 0.05) is 12.2 Å². The fraction of sp³-hybridized carbons (Fsp3) is 0.364. The van der Waals surface area contributed by atoms with Gasteiger partial charge in [-0.25, -0.2) is 4.98 Å². The van der Waals surface area contributed by atoms with E-state index >= 15 is 0 Å². The maximum absolute atomic E-state index is 13.5. The summed E-state index contributed by atoms with van der Waals surface area (Å²) in [5.74, 6) is 1.16. The Morgan fingerprint density at radius 2 is 2.07 bits per heavy atom. The average Bonchev–Trinajstić information content (AvgIpc) is 3.48. The van der Waals surface area contributed by atoms with Crippen LogP contribution in [0.1, 0.15) is 34.3 Å². The van der Waals surface area contributed by atoms with E-state index in [2.05, 4.69) is 26.0 Å². The smallest absolute Gasteiger partial charge is 0.260 e. The second kappa shape index (κ2) is 7.31. The van der Waals surface area contributed by atoms with Gasteiger partial charge in [0.2, 0.25) is 6.79 Å². The highest BCUT2D eigenvalue weighted by molar-refractivity contribution is 7.22. The molecule has 7 heteroatoms. The van der Waals surface area contributed by atoms with Crippen molar-refractivity contribution in [1.29, 1.82) is 0 Å². The van der Waals surface area contributed by atoms with Crippen LogP contribution in [0, 0.1) is 13.8 Å². The van der Waals surface area contributed by atoms with Gasteiger partial charge in [-0.2, -0.15) is 0 Å². The Labute approximate surface area is 173 Å². The van der Waals surface area contributed by atoms with Crippen molar-refractivity contribution >= 4 is 32.6 Å². The first-order chi connectivity index (χ1) is 14.1. The Morgan fingerprint density at radius 1 is 1.21 bits per heavy atom. The summed E-state index contributed by atoms with van der Waals surface area (Å²) in [4.78, 5) is 20.1. The number of nitrogens with zero attached hydrogens (tertiary/aromatic N) is 2. The first-order valence-corrected chi connectivity index (χ1v) is 10.6. The van der Waals surface area contributed by atoms with Crippen molar-refractivity contribution in [3.05, 3.63) is 47.0 Å². The number of amides is 1. The maximum atomic E-state index is 13.5. The number of carbonyl (C=O) groups is 1. The zero-order chi connectivity index (χ0) is 20.0. The summed E-state index contributed by atoms with van der Waals surface area (Å²) in [6.45, 7) is 5.57. The van der Waals surface area contributed by atoms with Crippen molar-refractivity contribution < 1.29 is 19.0 Å². The Hall–Kier alpha value is -2.64. The lowest BCUT2D eigenvalue weighted by Gasteiger charge is -2.23. The molecule has 1 atom stereocenters. The second-order valence-electron chi connectivity index (χ2n) is 7.47. The van der Waals surface area contributed by atoms with Crippen LogP contribution < -0.4 is 14.4 Å². The molecule has 0 radical (unpaired) electrons. The van der Waals surface area contributed by atoms with E-state index in [1.54, 1.807) is 34.4 Å². The van der Waals surface area contributed by atoms with Crippen LogP contribution in [0.2, 0.25) is 0 Å². The monoisotopic (exact) mass is 410 g/mol. The van der Waals surface area contributed by atoms with Gasteiger partial charge in [-0.15, -0.1) is 0 Å². The number of hydrogen-bond acceptors (Lipinski definition) is 6. The van der Waals surface area contributed by atoms with Gasteiger partial charge in [0.15, 0.2) is 16.6 Å². The lowest BCUT2D eigenvalue weighted by Crippen LogP contribution is -2.37. The van der Waals surface area contributed by atoms with Crippen LogP contribution in [0.3, 0.4) is 0 Å². The van der Waals surface area contributed by atoms with Gasteiger partial charge in [-0.05, 0) is 62.1 Å². The number of hydrogen-bond donors (Lipinski definition) is 0. The summed E-state index contributed by atoms with van der Waals surface area (Å²) >= 11 is 1.54. The molecule has 0 bridgehead atoms. The van der Waals surface area contributed by atoms with Gasteiger partial charge in [-0.3, -0.25) is 9.69 Å². The summed E-state index contributed by atoms with van der Waals surface area (Å²) in [7, 11) is 0. The van der Waals surface area contributed by atoms with E-state index in [9.17, 15) is 4.79 Å². The molecule has 0 saturated carbocycles. The Kier molecular flexibility index (Phi) is 4.64. The molecular formula is C22H22N2O4S. The molecular weight excluding hydrogens is 388 g/mol. The number of benzene rings is 2. The third-order valence-electron chi connectivity index (χ3n) is 5.58. The lowest BCUT2D eigenvalue weighted by atomic mass is 10.1. The van der Waals surface area contributed by atoms with E-state index in [1.807, 2.05) is 0 Å². The molecule has 29 heavy (non-hydrogen) atoms. The molecule has 1 fully saturated rings. The van der Waals surface area contributed by atoms with Crippen LogP contribution in [0.15, 0.2) is 30.3 Å². The van der Waals surface area contributed by atoms with Crippen LogP contribution in [0.4, 0.5) is 5.13 Å². The van der Waals surface area contributed by atoms with E-state index in [0.717, 1.165) is 35.2 Å². The molecule has 6 nitrogen and oxygen atoms in total. The van der Waals surface area contributed by atoms with Crippen LogP contribution in [-0.2, 0) is 4.74 Å². The van der Waals surface area contributed by atoms with Gasteiger partial charge in [0.25, 0.3) is 5.91 Å². The number of rotatable bonds is 4. The topological polar surface area (TPSA) is 60.9 Å². The van der Waals surface area contributed by atoms with Gasteiger partial charge < -0.3 is 14.2 Å². The highest BCUT2D eigenvalue weighted by Crippen LogP contribution is 2.36. The molecule has 2 aliphatic rings. The maximum Gasteiger partial charge on any atom is 0.260 e. The highest BCUT2D eigenvalue weighted by atomic mass is 32.1. The molecule has 0 N–H and O–H groups in total. The van der Waals surface area contributed by atoms with E-state index in [1.165, 1.54) is 5.56 Å². The van der Waals surface area contributed by atoms with Crippen molar-refractivity contribution in [3.63, 3.8) is 0 Å². The molecule has 2 aliphatic heterocycles. The predicted molar refractivity (Wildman–Crippen MR) is 112 cm³/mol. The molecule has 3 aromatic rings. The predicted octanol–water partition coefficient (Wildman–Crippen LogP) is 4.47. The molecule has 5 rings (SSSR count). The van der Waals surface area contributed by atoms with E-state index < -0.39 is 0 Å². The lowest BCUT2D eigenvalue weighted by molar-refractivity contribution is 0.0917. The minimum atomic E-state index is -0.104. The zero-order valence-corrected chi connectivity index (χ0v) is 17.3. The van der Waals surface area contributed by atoms with Gasteiger partial charge in [0.05, 0.1) is 22.9 Å². The Balaban J connectivity index is 1.54. The van der Waals surface area contributed by atoms with Crippen LogP contribution >= 0.6 is 11.3 Å². The van der Waals surface area contributed by atoms with Crippen molar-refractivity contribution in [3.8, 4) is 11.5 Å². The summed E-state index contributed by atoms with van der Waals surface area (Å²) < 4.78 is 17.7. The molecule has 3 heterocycles. The molecule has 1 aromatic heterocycles. The number of thiazole rings is 1. The number of aryl methyl sites for hydroxylation is 2. The normalized spacial score (nSPS) is 17.8. The summed E-state index contributed by atoms with van der Waals surface area (Å²) in [5.41, 5.74) is 3.86. The first-order valence-electron chi connectivity index (χ1n) is 9.80. The van der Waals surface area contributed by atoms with E-state index in [-0.39, 0.29) is 18.8 Å². The average molecular weight is 410 g/mol. The standard InChI is InChI=1S/C22H22N2O4S/c1-13-5-8-19-20(14(13)2)23-22(29-19)24(11-16-4-3-9-26-16)21(25)15-6-7-17-18(10-15)28-12-27-17/h5-8,10,16H,3-4,9,11-12H2,1-2H3. The SMILES string of the molecule is Cc1ccc2sc(N(CC3CCCO3)C(=O)c3ccc4c(c3)OCO4)nc2c1C. The fourth-order valence-corrected chi connectivity index (χ4v) is 4.79. The minimum Gasteiger partial charge on any atom is -0.454 e. The molecule has 1 amide bonds. The van der Waals surface area contributed by atoms with Crippen LogP contribution in [0.5, 0.6) is 11.5 Å². The molecule has 1 unspecified atom stereocenters. The highest BCUT2D eigenvalue weighted by Gasteiger charge is 2.28. The molecule has 0 spiro atoms. The largest absolute Gasteiger partial charge is 0.454 e. The number of anilines is 1. The van der Waals surface area contributed by atoms with Gasteiger partial charge in [0.1, 0.15) is 0 Å². The van der Waals surface area contributed by atoms with Crippen LogP contribution in [-0.4, -0.2) is 36.9 Å². The summed E-state index contributed by atoms with van der Waals surface area (Å²) in [6, 6.07) is 9.49. The van der Waals surface area contributed by atoms with Gasteiger partial charge in [-0.1, -0.05) is 17.4 Å². The Morgan fingerprint density at radius 3 is 2.90 bits per heavy atom. The van der Waals surface area contributed by atoms with Crippen molar-refractivity contribution in [1.82, 2.24) is 4.98 Å². The van der Waals surface area contributed by atoms with E-state index in [4.69, 9.17) is 19.2 Å². The number of ether oxygens (including phenoxy) is 3. The van der Waals surface area contributed by atoms with Gasteiger partial charge >= 0.3 is 0 Å². The Bertz CT molecular complexity index is 1090. The molecule has 2 aromatic carbocycles. The summed E-state index contributed by atoms with van der Waals surface area (Å²) in [5, 5.41) is 0.701. The number of carbonyl (C=O) groups excluding carboxylic acids is 1. The molecule has 150 valence electrons. The quantitative estimate of drug-likeness (QED) is 0.635. The van der Waals surface area contributed by atoms with Crippen molar-refractivity contribution in [2.75, 3.05) is 24.8 Å². The molecule has 0 aliphatic carbocycles.